The molecule has 0 bridgehead atoms. The van der Waals surface area contributed by atoms with Gasteiger partial charge in [-0.2, -0.15) is 0 Å². The number of rotatable bonds is 9. The van der Waals surface area contributed by atoms with Gasteiger partial charge in [0, 0.05) is 24.8 Å². The van der Waals surface area contributed by atoms with E-state index in [9.17, 15) is 15.2 Å². The topological polar surface area (TPSA) is 85.0 Å². The van der Waals surface area contributed by atoms with E-state index in [1.165, 1.54) is 12.1 Å². The number of hydrogen-bond donors (Lipinski definition) is 1. The molecule has 25 heavy (non-hydrogen) atoms. The van der Waals surface area contributed by atoms with E-state index in [1.807, 2.05) is 0 Å². The van der Waals surface area contributed by atoms with E-state index in [4.69, 9.17) is 4.74 Å². The number of nitro benzene ring substituents is 1. The van der Waals surface area contributed by atoms with Crippen molar-refractivity contribution in [2.45, 2.75) is 38.9 Å². The smallest absolute Gasteiger partial charge is 0.269 e. The van der Waals surface area contributed by atoms with Crippen molar-refractivity contribution in [2.24, 2.45) is 4.99 Å². The van der Waals surface area contributed by atoms with Crippen molar-refractivity contribution in [1.29, 1.82) is 0 Å². The lowest BCUT2D eigenvalue weighted by Gasteiger charge is -2.13. The minimum Gasteiger partial charge on any atom is -0.465 e. The molecular formula is C19H22N2O4. The van der Waals surface area contributed by atoms with Gasteiger partial charge in [0.1, 0.15) is 5.75 Å². The van der Waals surface area contributed by atoms with Gasteiger partial charge in [-0.1, -0.05) is 19.8 Å². The Morgan fingerprint density at radius 1 is 1.16 bits per heavy atom. The fraction of sp³-hybridized carbons (Fsp3) is 0.316. The molecule has 0 spiro atoms. The van der Waals surface area contributed by atoms with Gasteiger partial charge in [0.25, 0.3) is 5.69 Å². The maximum absolute atomic E-state index is 10.6. The van der Waals surface area contributed by atoms with Crippen LogP contribution in [0.25, 0.3) is 0 Å². The first-order chi connectivity index (χ1) is 12.1. The number of nitro groups is 1. The van der Waals surface area contributed by atoms with E-state index >= 15 is 0 Å². The molecule has 0 saturated heterocycles. The number of nitrogens with zero attached hydrogens (tertiary/aromatic N) is 2. The number of benzene rings is 2. The predicted molar refractivity (Wildman–Crippen MR) is 97.6 cm³/mol. The molecule has 1 atom stereocenters. The number of ether oxygens (including phenoxy) is 1. The molecule has 6 heteroatoms. The highest BCUT2D eigenvalue weighted by atomic mass is 16.6. The van der Waals surface area contributed by atoms with E-state index in [-0.39, 0.29) is 5.69 Å². The van der Waals surface area contributed by atoms with Gasteiger partial charge in [-0.15, -0.1) is 0 Å². The highest BCUT2D eigenvalue weighted by Gasteiger charge is 2.05. The largest absolute Gasteiger partial charge is 0.465 e. The highest BCUT2D eigenvalue weighted by molar-refractivity contribution is 5.82. The van der Waals surface area contributed by atoms with E-state index in [2.05, 4.69) is 11.9 Å². The number of non-ortho nitro benzene ring substituents is 1. The summed E-state index contributed by atoms with van der Waals surface area (Å²) in [7, 11) is 0. The summed E-state index contributed by atoms with van der Waals surface area (Å²) in [6.07, 6.45) is 4.59. The average Bonchev–Trinajstić information content (AvgIpc) is 2.62. The van der Waals surface area contributed by atoms with Crippen LogP contribution in [0.2, 0.25) is 0 Å². The summed E-state index contributed by atoms with van der Waals surface area (Å²) in [5.41, 5.74) is 1.56. The van der Waals surface area contributed by atoms with Gasteiger partial charge in [-0.3, -0.25) is 15.1 Å². The van der Waals surface area contributed by atoms with Crippen LogP contribution in [0, 0.1) is 10.1 Å². The normalized spacial score (nSPS) is 12.2. The van der Waals surface area contributed by atoms with Crippen LogP contribution >= 0.6 is 0 Å². The minimum atomic E-state index is -0.791. The van der Waals surface area contributed by atoms with Crippen LogP contribution in [0.5, 0.6) is 5.75 Å². The van der Waals surface area contributed by atoms with Crippen molar-refractivity contribution < 1.29 is 14.8 Å². The van der Waals surface area contributed by atoms with Gasteiger partial charge >= 0.3 is 0 Å². The molecule has 0 radical (unpaired) electrons. The lowest BCUT2D eigenvalue weighted by atomic mass is 10.2. The fourth-order valence-corrected chi connectivity index (χ4v) is 2.23. The lowest BCUT2D eigenvalue weighted by molar-refractivity contribution is -0.384. The Balaban J connectivity index is 1.90. The van der Waals surface area contributed by atoms with Crippen LogP contribution in [-0.4, -0.2) is 22.5 Å². The molecule has 0 aliphatic rings. The summed E-state index contributed by atoms with van der Waals surface area (Å²) < 4.78 is 5.45. The maximum Gasteiger partial charge on any atom is 0.269 e. The van der Waals surface area contributed by atoms with Crippen molar-refractivity contribution in [3.8, 4) is 5.75 Å². The zero-order valence-corrected chi connectivity index (χ0v) is 14.2. The Bertz CT molecular complexity index is 696. The van der Waals surface area contributed by atoms with Gasteiger partial charge < -0.3 is 9.84 Å². The predicted octanol–water partition coefficient (Wildman–Crippen LogP) is 4.62. The summed E-state index contributed by atoms with van der Waals surface area (Å²) in [5.74, 6) is 0.596. The van der Waals surface area contributed by atoms with E-state index < -0.39 is 11.2 Å². The second kappa shape index (κ2) is 9.54. The number of unbranched alkanes of at least 4 members (excludes halogenated alkanes) is 2. The molecule has 2 aromatic rings. The quantitative estimate of drug-likeness (QED) is 0.237. The van der Waals surface area contributed by atoms with Gasteiger partial charge in [-0.05, 0) is 48.4 Å². The zero-order chi connectivity index (χ0) is 18.1. The molecule has 6 nitrogen and oxygen atoms in total. The summed E-state index contributed by atoms with van der Waals surface area (Å²) in [6, 6.07) is 13.3. The number of aliphatic hydroxyl groups is 1. The SMILES string of the molecule is CCCCCC(O)Oc1ccc(N=Cc2ccc([N+](=O)[O-])cc2)cc1. The Kier molecular flexibility index (Phi) is 7.10. The van der Waals surface area contributed by atoms with Gasteiger partial charge in [0.05, 0.1) is 10.6 Å². The molecule has 132 valence electrons. The summed E-state index contributed by atoms with van der Waals surface area (Å²) in [6.45, 7) is 2.11. The monoisotopic (exact) mass is 342 g/mol. The Labute approximate surface area is 146 Å². The van der Waals surface area contributed by atoms with Crippen LogP contribution in [0.1, 0.15) is 38.2 Å². The molecule has 0 amide bonds. The van der Waals surface area contributed by atoms with Crippen molar-refractivity contribution in [3.63, 3.8) is 0 Å². The van der Waals surface area contributed by atoms with Crippen LogP contribution in [-0.2, 0) is 0 Å². The molecule has 0 fully saturated rings. The first-order valence-corrected chi connectivity index (χ1v) is 8.32. The average molecular weight is 342 g/mol. The van der Waals surface area contributed by atoms with E-state index in [1.54, 1.807) is 42.6 Å². The molecule has 0 saturated carbocycles. The van der Waals surface area contributed by atoms with Gasteiger partial charge in [0.15, 0.2) is 6.29 Å². The van der Waals surface area contributed by atoms with Crippen LogP contribution < -0.4 is 4.74 Å². The molecule has 2 rings (SSSR count). The van der Waals surface area contributed by atoms with Crippen molar-refractivity contribution >= 4 is 17.6 Å². The van der Waals surface area contributed by atoms with Crippen molar-refractivity contribution in [1.82, 2.24) is 0 Å². The number of hydrogen-bond acceptors (Lipinski definition) is 5. The van der Waals surface area contributed by atoms with Crippen LogP contribution in [0.15, 0.2) is 53.5 Å². The standard InChI is InChI=1S/C19H22N2O4/c1-2-3-4-5-19(22)25-18-12-8-16(9-13-18)20-14-15-6-10-17(11-7-15)21(23)24/h6-14,19,22H,2-5H2,1H3. The first kappa shape index (κ1) is 18.6. The summed E-state index contributed by atoms with van der Waals surface area (Å²) >= 11 is 0. The Hall–Kier alpha value is -2.73. The summed E-state index contributed by atoms with van der Waals surface area (Å²) in [5, 5.41) is 20.4. The molecule has 0 heterocycles. The number of aliphatic hydroxyl groups excluding tert-OH is 1. The third-order valence-electron chi connectivity index (χ3n) is 3.63. The fourth-order valence-electron chi connectivity index (χ4n) is 2.23. The highest BCUT2D eigenvalue weighted by Crippen LogP contribution is 2.20. The van der Waals surface area contributed by atoms with Gasteiger partial charge in [0.2, 0.25) is 0 Å². The number of aliphatic imine (C=N–C) groups is 1. The zero-order valence-electron chi connectivity index (χ0n) is 14.2. The van der Waals surface area contributed by atoms with Crippen molar-refractivity contribution in [2.75, 3.05) is 0 Å². The third-order valence-corrected chi connectivity index (χ3v) is 3.63. The van der Waals surface area contributed by atoms with Crippen LogP contribution in [0.3, 0.4) is 0 Å². The minimum absolute atomic E-state index is 0.0520. The molecule has 1 N–H and O–H groups in total. The Morgan fingerprint density at radius 2 is 1.84 bits per heavy atom. The third kappa shape index (κ3) is 6.35. The van der Waals surface area contributed by atoms with E-state index in [0.29, 0.717) is 12.2 Å². The van der Waals surface area contributed by atoms with Gasteiger partial charge in [-0.25, -0.2) is 0 Å². The second-order valence-electron chi connectivity index (χ2n) is 5.67. The Morgan fingerprint density at radius 3 is 2.44 bits per heavy atom. The van der Waals surface area contributed by atoms with Crippen molar-refractivity contribution in [3.05, 3.63) is 64.2 Å². The second-order valence-corrected chi connectivity index (χ2v) is 5.67. The molecule has 1 unspecified atom stereocenters. The molecule has 0 aliphatic carbocycles. The van der Waals surface area contributed by atoms with E-state index in [0.717, 1.165) is 30.5 Å². The molecular weight excluding hydrogens is 320 g/mol. The molecule has 2 aromatic carbocycles. The molecule has 0 aliphatic heterocycles. The molecule has 0 aromatic heterocycles. The summed E-state index contributed by atoms with van der Waals surface area (Å²) in [4.78, 5) is 14.5. The first-order valence-electron chi connectivity index (χ1n) is 8.32. The lowest BCUT2D eigenvalue weighted by Crippen LogP contribution is -2.14. The maximum atomic E-state index is 10.6. The van der Waals surface area contributed by atoms with Crippen LogP contribution in [0.4, 0.5) is 11.4 Å².